The van der Waals surface area contributed by atoms with Crippen LogP contribution < -0.4 is 4.74 Å². The van der Waals surface area contributed by atoms with Gasteiger partial charge in [-0.1, -0.05) is 6.92 Å². The van der Waals surface area contributed by atoms with Gasteiger partial charge >= 0.3 is 0 Å². The first-order valence-corrected chi connectivity index (χ1v) is 11.8. The second-order valence-corrected chi connectivity index (χ2v) is 9.85. The first-order valence-electron chi connectivity index (χ1n) is 11.8. The van der Waals surface area contributed by atoms with Crippen molar-refractivity contribution in [2.45, 2.75) is 50.5 Å². The minimum atomic E-state index is -0.380. The lowest BCUT2D eigenvalue weighted by Gasteiger charge is -2.56. The maximum atomic E-state index is 13.1. The van der Waals surface area contributed by atoms with E-state index in [-0.39, 0.29) is 29.9 Å². The van der Waals surface area contributed by atoms with Crippen LogP contribution in [0.5, 0.6) is 5.75 Å². The van der Waals surface area contributed by atoms with E-state index in [1.54, 1.807) is 7.11 Å². The second-order valence-electron chi connectivity index (χ2n) is 9.85. The van der Waals surface area contributed by atoms with Gasteiger partial charge < -0.3 is 24.2 Å². The number of aliphatic hydroxyl groups excluding tert-OH is 1. The highest BCUT2D eigenvalue weighted by atomic mass is 16.5. The van der Waals surface area contributed by atoms with Gasteiger partial charge in [0.2, 0.25) is 11.8 Å². The molecule has 1 aromatic carbocycles. The van der Waals surface area contributed by atoms with E-state index in [1.165, 1.54) is 5.56 Å². The predicted octanol–water partition coefficient (Wildman–Crippen LogP) is 2.74. The zero-order chi connectivity index (χ0) is 22.6. The standard InChI is InChI=1S/C25H33N3O4/c1-4-5-21(30)28-15-25(13-27(14-25)22(31)10-16-6-7-16)23-18-9-8-17(32-3)11-19(18)26(2)24(23)20(28)12-29/h8-9,11,16,20,29H,4-7,10,12-15H2,1-3H3/t20-/m0/s1. The van der Waals surface area contributed by atoms with E-state index in [4.69, 9.17) is 4.74 Å². The molecular weight excluding hydrogens is 406 g/mol. The average Bonchev–Trinajstić information content (AvgIpc) is 3.53. The van der Waals surface area contributed by atoms with Crippen molar-refractivity contribution < 1.29 is 19.4 Å². The maximum Gasteiger partial charge on any atom is 0.223 e. The Bertz CT molecular complexity index is 1060. The van der Waals surface area contributed by atoms with Crippen LogP contribution in [-0.2, 0) is 22.1 Å². The molecule has 1 aromatic heterocycles. The van der Waals surface area contributed by atoms with Crippen molar-refractivity contribution >= 4 is 22.7 Å². The zero-order valence-electron chi connectivity index (χ0n) is 19.3. The van der Waals surface area contributed by atoms with E-state index in [2.05, 4.69) is 10.6 Å². The summed E-state index contributed by atoms with van der Waals surface area (Å²) in [5.41, 5.74) is 2.91. The van der Waals surface area contributed by atoms with Crippen molar-refractivity contribution in [3.8, 4) is 5.75 Å². The molecule has 2 aromatic rings. The van der Waals surface area contributed by atoms with Gasteiger partial charge in [-0.15, -0.1) is 0 Å². The number of aryl methyl sites for hydroxylation is 1. The molecule has 32 heavy (non-hydrogen) atoms. The summed E-state index contributed by atoms with van der Waals surface area (Å²) < 4.78 is 7.56. The largest absolute Gasteiger partial charge is 0.497 e. The smallest absolute Gasteiger partial charge is 0.223 e. The number of rotatable bonds is 6. The van der Waals surface area contributed by atoms with Crippen LogP contribution in [0.1, 0.15) is 56.3 Å². The van der Waals surface area contributed by atoms with Crippen LogP contribution in [0.2, 0.25) is 0 Å². The highest BCUT2D eigenvalue weighted by Gasteiger charge is 2.55. The minimum absolute atomic E-state index is 0.0715. The van der Waals surface area contributed by atoms with Crippen molar-refractivity contribution in [3.05, 3.63) is 29.5 Å². The molecule has 7 nitrogen and oxygen atoms in total. The van der Waals surface area contributed by atoms with Gasteiger partial charge in [0.1, 0.15) is 5.75 Å². The molecule has 1 aliphatic carbocycles. The Morgan fingerprint density at radius 3 is 2.56 bits per heavy atom. The summed E-state index contributed by atoms with van der Waals surface area (Å²) in [5, 5.41) is 11.5. The summed E-state index contributed by atoms with van der Waals surface area (Å²) >= 11 is 0. The lowest BCUT2D eigenvalue weighted by atomic mass is 9.68. The fraction of sp³-hybridized carbons (Fsp3) is 0.600. The fourth-order valence-corrected chi connectivity index (χ4v) is 5.79. The van der Waals surface area contributed by atoms with Gasteiger partial charge in [-0.2, -0.15) is 0 Å². The lowest BCUT2D eigenvalue weighted by Crippen LogP contribution is -2.68. The number of methoxy groups -OCH3 is 1. The van der Waals surface area contributed by atoms with Gasteiger partial charge in [0, 0.05) is 56.7 Å². The van der Waals surface area contributed by atoms with Crippen molar-refractivity contribution in [2.75, 3.05) is 33.4 Å². The van der Waals surface area contributed by atoms with Crippen LogP contribution in [0, 0.1) is 5.92 Å². The van der Waals surface area contributed by atoms with E-state index in [0.717, 1.165) is 41.6 Å². The molecule has 1 saturated carbocycles. The van der Waals surface area contributed by atoms with Crippen LogP contribution in [0.15, 0.2) is 18.2 Å². The molecule has 1 saturated heterocycles. The van der Waals surface area contributed by atoms with Crippen LogP contribution >= 0.6 is 0 Å². The van der Waals surface area contributed by atoms with Crippen LogP contribution in [0.4, 0.5) is 0 Å². The summed E-state index contributed by atoms with van der Waals surface area (Å²) in [7, 11) is 3.65. The minimum Gasteiger partial charge on any atom is -0.497 e. The number of aliphatic hydroxyl groups is 1. The number of nitrogens with zero attached hydrogens (tertiary/aromatic N) is 3. The number of carbonyl (C=O) groups excluding carboxylic acids is 2. The number of likely N-dealkylation sites (tertiary alicyclic amines) is 1. The average molecular weight is 440 g/mol. The lowest BCUT2D eigenvalue weighted by molar-refractivity contribution is -0.145. The van der Waals surface area contributed by atoms with E-state index in [1.807, 2.05) is 35.9 Å². The molecule has 0 radical (unpaired) electrons. The highest BCUT2D eigenvalue weighted by molar-refractivity contribution is 5.90. The molecule has 5 rings (SSSR count). The molecule has 2 amide bonds. The zero-order valence-corrected chi connectivity index (χ0v) is 19.3. The Kier molecular flexibility index (Phi) is 5.19. The van der Waals surface area contributed by atoms with Gasteiger partial charge in [-0.25, -0.2) is 0 Å². The number of aromatic nitrogens is 1. The fourth-order valence-electron chi connectivity index (χ4n) is 5.79. The number of hydrogen-bond donors (Lipinski definition) is 1. The van der Waals surface area contributed by atoms with Crippen molar-refractivity contribution in [1.29, 1.82) is 0 Å². The summed E-state index contributed by atoms with van der Waals surface area (Å²) in [6.45, 7) is 3.68. The third-order valence-corrected chi connectivity index (χ3v) is 7.61. The topological polar surface area (TPSA) is 75.0 Å². The predicted molar refractivity (Wildman–Crippen MR) is 122 cm³/mol. The molecule has 1 N–H and O–H groups in total. The van der Waals surface area contributed by atoms with Gasteiger partial charge in [0.05, 0.1) is 30.7 Å². The van der Waals surface area contributed by atoms with Crippen LogP contribution in [0.25, 0.3) is 10.9 Å². The first kappa shape index (κ1) is 21.3. The number of carbonyl (C=O) groups is 2. The molecular formula is C25H33N3O4. The van der Waals surface area contributed by atoms with Gasteiger partial charge in [0.15, 0.2) is 0 Å². The van der Waals surface area contributed by atoms with E-state index in [0.29, 0.717) is 38.4 Å². The third-order valence-electron chi connectivity index (χ3n) is 7.61. The summed E-state index contributed by atoms with van der Waals surface area (Å²) in [4.78, 5) is 29.7. The summed E-state index contributed by atoms with van der Waals surface area (Å²) in [6.07, 6.45) is 4.21. The number of amides is 2. The number of benzene rings is 1. The molecule has 172 valence electrons. The quantitative estimate of drug-likeness (QED) is 0.751. The molecule has 0 bridgehead atoms. The molecule has 2 fully saturated rings. The van der Waals surface area contributed by atoms with Gasteiger partial charge in [0.25, 0.3) is 0 Å². The number of ether oxygens (including phenoxy) is 1. The van der Waals surface area contributed by atoms with E-state index >= 15 is 0 Å². The van der Waals surface area contributed by atoms with E-state index in [9.17, 15) is 14.7 Å². The Morgan fingerprint density at radius 2 is 1.94 bits per heavy atom. The van der Waals surface area contributed by atoms with Crippen LogP contribution in [-0.4, -0.2) is 64.6 Å². The third kappa shape index (κ3) is 3.20. The van der Waals surface area contributed by atoms with Crippen molar-refractivity contribution in [1.82, 2.24) is 14.4 Å². The number of hydrogen-bond acceptors (Lipinski definition) is 4. The molecule has 0 unspecified atom stereocenters. The molecule has 3 aliphatic rings. The molecule has 7 heteroatoms. The highest BCUT2D eigenvalue weighted by Crippen LogP contribution is 2.50. The van der Waals surface area contributed by atoms with Crippen molar-refractivity contribution in [2.24, 2.45) is 13.0 Å². The summed E-state index contributed by atoms with van der Waals surface area (Å²) in [6, 6.07) is 5.69. The first-order chi connectivity index (χ1) is 15.4. The monoisotopic (exact) mass is 439 g/mol. The maximum absolute atomic E-state index is 13.1. The van der Waals surface area contributed by atoms with Gasteiger partial charge in [-0.05, 0) is 42.9 Å². The second kappa shape index (κ2) is 7.80. The Labute approximate surface area is 188 Å². The SMILES string of the molecule is CCCC(=O)N1CC2(CN(C(=O)CC3CC3)C2)c2c(n(C)c3cc(OC)ccc23)[C@@H]1CO. The van der Waals surface area contributed by atoms with Gasteiger partial charge in [-0.3, -0.25) is 9.59 Å². The molecule has 1 atom stereocenters. The Morgan fingerprint density at radius 1 is 1.19 bits per heavy atom. The normalized spacial score (nSPS) is 21.6. The Hall–Kier alpha value is -2.54. The molecule has 1 spiro atoms. The summed E-state index contributed by atoms with van der Waals surface area (Å²) in [5.74, 6) is 1.64. The van der Waals surface area contributed by atoms with Crippen molar-refractivity contribution in [3.63, 3.8) is 0 Å². The van der Waals surface area contributed by atoms with E-state index < -0.39 is 0 Å². The molecule has 2 aliphatic heterocycles. The molecule has 3 heterocycles. The Balaban J connectivity index is 1.60. The van der Waals surface area contributed by atoms with Crippen LogP contribution in [0.3, 0.4) is 0 Å². The number of fused-ring (bicyclic) bond motifs is 4.